The van der Waals surface area contributed by atoms with E-state index in [1.54, 1.807) is 26.8 Å². The van der Waals surface area contributed by atoms with E-state index in [1.807, 2.05) is 18.2 Å². The first-order valence-corrected chi connectivity index (χ1v) is 13.1. The number of hydrogen-bond donors (Lipinski definition) is 1. The average Bonchev–Trinajstić information content (AvgIpc) is 3.46. The highest BCUT2D eigenvalue weighted by Crippen LogP contribution is 2.40. The molecule has 3 aromatic carbocycles. The zero-order valence-corrected chi connectivity index (χ0v) is 22.2. The molecule has 1 aliphatic heterocycles. The fourth-order valence-electron chi connectivity index (χ4n) is 5.61. The second kappa shape index (κ2) is 10.1. The third-order valence-electron chi connectivity index (χ3n) is 7.28. The van der Waals surface area contributed by atoms with E-state index >= 15 is 0 Å². The fourth-order valence-corrected chi connectivity index (χ4v) is 5.61. The van der Waals surface area contributed by atoms with Crippen LogP contribution in [0.4, 0.5) is 4.79 Å². The molecule has 1 aliphatic rings. The summed E-state index contributed by atoms with van der Waals surface area (Å²) in [5, 5.41) is 10.6. The van der Waals surface area contributed by atoms with Crippen molar-refractivity contribution in [3.63, 3.8) is 0 Å². The standard InChI is InChI=1S/C32H34N2O4/c1-31(2,3)38-30(37)34-27-15-14-26(18-25(27)19-28(34)29(35)36)32(20-23-10-6-4-7-11-23)16-17-33(22-32)21-24-12-8-5-9-13-24/h4-15,18-19H,16-17,20-22H2,1-3H3,(H,35,36). The maximum Gasteiger partial charge on any atom is 0.419 e. The Morgan fingerprint density at radius 3 is 2.21 bits per heavy atom. The lowest BCUT2D eigenvalue weighted by atomic mass is 9.74. The van der Waals surface area contributed by atoms with Gasteiger partial charge < -0.3 is 9.84 Å². The fraction of sp³-hybridized carbons (Fsp3) is 0.312. The maximum atomic E-state index is 13.0. The molecule has 0 radical (unpaired) electrons. The molecule has 196 valence electrons. The van der Waals surface area contributed by atoms with Crippen molar-refractivity contribution in [1.29, 1.82) is 0 Å². The number of aromatic nitrogens is 1. The lowest BCUT2D eigenvalue weighted by Crippen LogP contribution is -2.33. The molecular formula is C32H34N2O4. The van der Waals surface area contributed by atoms with E-state index in [2.05, 4.69) is 65.6 Å². The van der Waals surface area contributed by atoms with Crippen LogP contribution >= 0.6 is 0 Å². The van der Waals surface area contributed by atoms with Crippen LogP contribution < -0.4 is 0 Å². The van der Waals surface area contributed by atoms with E-state index in [-0.39, 0.29) is 11.1 Å². The smallest absolute Gasteiger partial charge is 0.419 e. The molecule has 1 unspecified atom stereocenters. The van der Waals surface area contributed by atoms with Gasteiger partial charge in [-0.05, 0) is 75.0 Å². The summed E-state index contributed by atoms with van der Waals surface area (Å²) in [6.45, 7) is 8.05. The van der Waals surface area contributed by atoms with Gasteiger partial charge in [-0.2, -0.15) is 0 Å². The number of benzene rings is 3. The van der Waals surface area contributed by atoms with Gasteiger partial charge in [0.25, 0.3) is 0 Å². The molecule has 1 fully saturated rings. The van der Waals surface area contributed by atoms with Crippen molar-refractivity contribution in [3.8, 4) is 0 Å². The van der Waals surface area contributed by atoms with Crippen LogP contribution in [0.1, 0.15) is 54.4 Å². The molecule has 1 aromatic heterocycles. The molecule has 38 heavy (non-hydrogen) atoms. The first-order chi connectivity index (χ1) is 18.1. The Morgan fingerprint density at radius 2 is 1.58 bits per heavy atom. The predicted molar refractivity (Wildman–Crippen MR) is 149 cm³/mol. The van der Waals surface area contributed by atoms with Gasteiger partial charge in [0, 0.05) is 23.9 Å². The zero-order chi connectivity index (χ0) is 26.9. The van der Waals surface area contributed by atoms with E-state index in [9.17, 15) is 14.7 Å². The molecule has 2 heterocycles. The minimum atomic E-state index is -1.16. The minimum Gasteiger partial charge on any atom is -0.477 e. The van der Waals surface area contributed by atoms with Crippen molar-refractivity contribution >= 4 is 23.0 Å². The van der Waals surface area contributed by atoms with Gasteiger partial charge in [-0.1, -0.05) is 66.7 Å². The number of rotatable bonds is 6. The van der Waals surface area contributed by atoms with Crippen molar-refractivity contribution in [2.24, 2.45) is 0 Å². The Balaban J connectivity index is 1.54. The third-order valence-corrected chi connectivity index (χ3v) is 7.28. The second-order valence-corrected chi connectivity index (χ2v) is 11.3. The first kappa shape index (κ1) is 25.7. The topological polar surface area (TPSA) is 71.8 Å². The summed E-state index contributed by atoms with van der Waals surface area (Å²) < 4.78 is 6.71. The zero-order valence-electron chi connectivity index (χ0n) is 22.2. The van der Waals surface area contributed by atoms with Gasteiger partial charge in [-0.15, -0.1) is 0 Å². The summed E-state index contributed by atoms with van der Waals surface area (Å²) in [5.41, 5.74) is 3.28. The van der Waals surface area contributed by atoms with Crippen LogP contribution in [0.2, 0.25) is 0 Å². The Labute approximate surface area is 223 Å². The van der Waals surface area contributed by atoms with E-state index in [4.69, 9.17) is 4.74 Å². The predicted octanol–water partition coefficient (Wildman–Crippen LogP) is 6.51. The number of ether oxygens (including phenoxy) is 1. The van der Waals surface area contributed by atoms with Crippen molar-refractivity contribution in [2.45, 2.75) is 51.2 Å². The van der Waals surface area contributed by atoms with Crippen molar-refractivity contribution in [2.75, 3.05) is 13.1 Å². The highest BCUT2D eigenvalue weighted by Gasteiger charge is 2.40. The number of aromatic carboxylic acids is 1. The Morgan fingerprint density at radius 1 is 0.921 bits per heavy atom. The molecule has 0 bridgehead atoms. The highest BCUT2D eigenvalue weighted by molar-refractivity contribution is 6.01. The molecule has 0 saturated carbocycles. The first-order valence-electron chi connectivity index (χ1n) is 13.1. The molecule has 0 aliphatic carbocycles. The van der Waals surface area contributed by atoms with Crippen LogP contribution in [0.25, 0.3) is 10.9 Å². The molecular weight excluding hydrogens is 476 g/mol. The molecule has 6 nitrogen and oxygen atoms in total. The molecule has 1 saturated heterocycles. The number of hydrogen-bond acceptors (Lipinski definition) is 4. The molecule has 4 aromatic rings. The third kappa shape index (κ3) is 5.36. The van der Waals surface area contributed by atoms with E-state index < -0.39 is 17.7 Å². The molecule has 0 amide bonds. The summed E-state index contributed by atoms with van der Waals surface area (Å²) in [6.07, 6.45) is 1.17. The number of fused-ring (bicyclic) bond motifs is 1. The van der Waals surface area contributed by atoms with Crippen LogP contribution in [-0.4, -0.2) is 45.3 Å². The van der Waals surface area contributed by atoms with E-state index in [0.29, 0.717) is 5.52 Å². The normalized spacial score (nSPS) is 18.1. The number of carboxylic acids is 1. The maximum absolute atomic E-state index is 13.0. The Hall–Kier alpha value is -3.90. The number of carbonyl (C=O) groups is 2. The Kier molecular flexibility index (Phi) is 6.84. The summed E-state index contributed by atoms with van der Waals surface area (Å²) in [6, 6.07) is 28.6. The largest absolute Gasteiger partial charge is 0.477 e. The minimum absolute atomic E-state index is 0.0966. The van der Waals surface area contributed by atoms with Gasteiger partial charge in [0.15, 0.2) is 0 Å². The number of carbonyl (C=O) groups excluding carboxylic acids is 1. The van der Waals surface area contributed by atoms with Crippen molar-refractivity contribution < 1.29 is 19.4 Å². The number of carboxylic acid groups (broad SMARTS) is 1. The highest BCUT2D eigenvalue weighted by atomic mass is 16.6. The van der Waals surface area contributed by atoms with Gasteiger partial charge in [0.1, 0.15) is 11.3 Å². The summed E-state index contributed by atoms with van der Waals surface area (Å²) in [7, 11) is 0. The summed E-state index contributed by atoms with van der Waals surface area (Å²) >= 11 is 0. The van der Waals surface area contributed by atoms with Gasteiger partial charge in [-0.25, -0.2) is 14.2 Å². The Bertz CT molecular complexity index is 1450. The van der Waals surface area contributed by atoms with Crippen LogP contribution in [-0.2, 0) is 23.1 Å². The van der Waals surface area contributed by atoms with Crippen LogP contribution in [0.3, 0.4) is 0 Å². The molecule has 6 heteroatoms. The quantitative estimate of drug-likeness (QED) is 0.320. The average molecular weight is 511 g/mol. The van der Waals surface area contributed by atoms with Crippen LogP contribution in [0, 0.1) is 0 Å². The molecule has 5 rings (SSSR count). The summed E-state index contributed by atoms with van der Waals surface area (Å²) in [5.74, 6) is -1.16. The number of likely N-dealkylation sites (tertiary alicyclic amines) is 1. The van der Waals surface area contributed by atoms with Gasteiger partial charge >= 0.3 is 12.1 Å². The van der Waals surface area contributed by atoms with Gasteiger partial charge in [0.2, 0.25) is 0 Å². The molecule has 1 N–H and O–H groups in total. The van der Waals surface area contributed by atoms with Gasteiger partial charge in [-0.3, -0.25) is 4.90 Å². The molecule has 0 spiro atoms. The van der Waals surface area contributed by atoms with Crippen LogP contribution in [0.5, 0.6) is 0 Å². The van der Waals surface area contributed by atoms with E-state index in [1.165, 1.54) is 15.7 Å². The SMILES string of the molecule is CC(C)(C)OC(=O)n1c(C(=O)O)cc2cc(C3(Cc4ccccc4)CCN(Cc4ccccc4)C3)ccc21. The monoisotopic (exact) mass is 510 g/mol. The van der Waals surface area contributed by atoms with Crippen molar-refractivity contribution in [1.82, 2.24) is 9.47 Å². The lowest BCUT2D eigenvalue weighted by molar-refractivity contribution is 0.0513. The van der Waals surface area contributed by atoms with Gasteiger partial charge in [0.05, 0.1) is 5.52 Å². The van der Waals surface area contributed by atoms with E-state index in [0.717, 1.165) is 43.4 Å². The molecule has 1 atom stereocenters. The number of nitrogens with zero attached hydrogens (tertiary/aromatic N) is 2. The van der Waals surface area contributed by atoms with Crippen molar-refractivity contribution in [3.05, 3.63) is 107 Å². The summed E-state index contributed by atoms with van der Waals surface area (Å²) in [4.78, 5) is 27.6. The second-order valence-electron chi connectivity index (χ2n) is 11.3. The van der Waals surface area contributed by atoms with Crippen LogP contribution in [0.15, 0.2) is 84.9 Å². The lowest BCUT2D eigenvalue weighted by Gasteiger charge is -2.31.